The maximum absolute atomic E-state index is 13.8. The number of para-hydroxylation sites is 1. The quantitative estimate of drug-likeness (QED) is 0.853. The highest BCUT2D eigenvalue weighted by Crippen LogP contribution is 2.22. The maximum atomic E-state index is 13.8. The molecule has 4 heteroatoms. The Bertz CT molecular complexity index is 570. The summed E-state index contributed by atoms with van der Waals surface area (Å²) in [6, 6.07) is 11.1. The number of nitrogen functional groups attached to an aromatic ring is 1. The minimum Gasteiger partial charge on any atom is -0.399 e. The van der Waals surface area contributed by atoms with E-state index in [1.165, 1.54) is 12.1 Å². The van der Waals surface area contributed by atoms with Gasteiger partial charge in [-0.05, 0) is 31.2 Å². The van der Waals surface area contributed by atoms with Crippen molar-refractivity contribution in [2.45, 2.75) is 13.5 Å². The average Bonchev–Trinajstić information content (AvgIpc) is 2.39. The van der Waals surface area contributed by atoms with E-state index < -0.39 is 0 Å². The van der Waals surface area contributed by atoms with Crippen LogP contribution >= 0.6 is 0 Å². The number of rotatable bonds is 4. The highest BCUT2D eigenvalue weighted by molar-refractivity contribution is 5.49. The van der Waals surface area contributed by atoms with Crippen LogP contribution in [0.25, 0.3) is 0 Å². The van der Waals surface area contributed by atoms with Crippen LogP contribution in [0.15, 0.2) is 42.5 Å². The largest absolute Gasteiger partial charge is 0.399 e. The van der Waals surface area contributed by atoms with Crippen molar-refractivity contribution >= 4 is 11.4 Å². The molecule has 0 fully saturated rings. The van der Waals surface area contributed by atoms with Gasteiger partial charge in [-0.1, -0.05) is 18.2 Å². The molecule has 0 aromatic heterocycles. The molecule has 0 unspecified atom stereocenters. The second-order valence-electron chi connectivity index (χ2n) is 4.32. The lowest BCUT2D eigenvalue weighted by molar-refractivity contribution is 0.596. The van der Waals surface area contributed by atoms with Crippen LogP contribution in [0.4, 0.5) is 20.2 Å². The molecular formula is C15H16F2N2. The van der Waals surface area contributed by atoms with Crippen molar-refractivity contribution < 1.29 is 8.78 Å². The Balaban J connectivity index is 2.27. The van der Waals surface area contributed by atoms with Gasteiger partial charge in [0.15, 0.2) is 0 Å². The van der Waals surface area contributed by atoms with Gasteiger partial charge < -0.3 is 10.6 Å². The number of hydrogen-bond acceptors (Lipinski definition) is 2. The number of anilines is 2. The van der Waals surface area contributed by atoms with Crippen LogP contribution in [-0.4, -0.2) is 6.54 Å². The van der Waals surface area contributed by atoms with E-state index in [4.69, 9.17) is 5.73 Å². The van der Waals surface area contributed by atoms with Gasteiger partial charge in [-0.2, -0.15) is 0 Å². The molecule has 0 amide bonds. The monoisotopic (exact) mass is 262 g/mol. The van der Waals surface area contributed by atoms with E-state index in [9.17, 15) is 8.78 Å². The van der Waals surface area contributed by atoms with Gasteiger partial charge in [-0.15, -0.1) is 0 Å². The van der Waals surface area contributed by atoms with Crippen molar-refractivity contribution in [1.29, 1.82) is 0 Å². The molecule has 0 saturated heterocycles. The van der Waals surface area contributed by atoms with E-state index in [1.54, 1.807) is 35.2 Å². The van der Waals surface area contributed by atoms with Crippen molar-refractivity contribution in [3.63, 3.8) is 0 Å². The Morgan fingerprint density at radius 3 is 2.42 bits per heavy atom. The Labute approximate surface area is 111 Å². The number of hydrogen-bond donors (Lipinski definition) is 1. The summed E-state index contributed by atoms with van der Waals surface area (Å²) in [5.74, 6) is -0.671. The second kappa shape index (κ2) is 5.69. The summed E-state index contributed by atoms with van der Waals surface area (Å²) < 4.78 is 27.5. The number of nitrogens with zero attached hydrogens (tertiary/aromatic N) is 1. The Morgan fingerprint density at radius 2 is 1.79 bits per heavy atom. The molecule has 0 radical (unpaired) electrons. The second-order valence-corrected chi connectivity index (χ2v) is 4.32. The third-order valence-corrected chi connectivity index (χ3v) is 3.01. The molecule has 2 rings (SSSR count). The summed E-state index contributed by atoms with van der Waals surface area (Å²) in [5, 5.41) is 0. The summed E-state index contributed by atoms with van der Waals surface area (Å²) in [5.41, 5.74) is 6.87. The van der Waals surface area contributed by atoms with Gasteiger partial charge in [-0.3, -0.25) is 0 Å². The Morgan fingerprint density at radius 1 is 1.05 bits per heavy atom. The summed E-state index contributed by atoms with van der Waals surface area (Å²) in [7, 11) is 0. The fraction of sp³-hybridized carbons (Fsp3) is 0.200. The van der Waals surface area contributed by atoms with E-state index in [2.05, 4.69) is 0 Å². The third kappa shape index (κ3) is 3.02. The smallest absolute Gasteiger partial charge is 0.146 e. The lowest BCUT2D eigenvalue weighted by Crippen LogP contribution is -2.23. The SMILES string of the molecule is CCN(Cc1ccc(N)cc1F)c1ccccc1F. The molecular weight excluding hydrogens is 246 g/mol. The molecule has 2 N–H and O–H groups in total. The molecule has 0 atom stereocenters. The van der Waals surface area contributed by atoms with Crippen LogP contribution < -0.4 is 10.6 Å². The van der Waals surface area contributed by atoms with Gasteiger partial charge in [0.05, 0.1) is 5.69 Å². The molecule has 19 heavy (non-hydrogen) atoms. The summed E-state index contributed by atoms with van der Waals surface area (Å²) >= 11 is 0. The topological polar surface area (TPSA) is 29.3 Å². The van der Waals surface area contributed by atoms with Crippen molar-refractivity contribution in [3.8, 4) is 0 Å². The standard InChI is InChI=1S/C15H16F2N2/c1-2-19(15-6-4-3-5-13(15)16)10-11-7-8-12(18)9-14(11)17/h3-9H,2,10,18H2,1H3. The van der Waals surface area contributed by atoms with E-state index in [1.807, 2.05) is 6.92 Å². The van der Waals surface area contributed by atoms with Crippen molar-refractivity contribution in [2.24, 2.45) is 0 Å². The maximum Gasteiger partial charge on any atom is 0.146 e. The van der Waals surface area contributed by atoms with E-state index in [0.717, 1.165) is 0 Å². The lowest BCUT2D eigenvalue weighted by atomic mass is 10.1. The predicted octanol–water partition coefficient (Wildman–Crippen LogP) is 3.57. The van der Waals surface area contributed by atoms with Gasteiger partial charge >= 0.3 is 0 Å². The van der Waals surface area contributed by atoms with E-state index >= 15 is 0 Å². The summed E-state index contributed by atoms with van der Waals surface area (Å²) in [6.07, 6.45) is 0. The van der Waals surface area contributed by atoms with Crippen LogP contribution in [0.2, 0.25) is 0 Å². The first-order valence-corrected chi connectivity index (χ1v) is 6.15. The predicted molar refractivity (Wildman–Crippen MR) is 73.9 cm³/mol. The summed E-state index contributed by atoms with van der Waals surface area (Å²) in [6.45, 7) is 2.80. The van der Waals surface area contributed by atoms with Gasteiger partial charge in [0.25, 0.3) is 0 Å². The van der Waals surface area contributed by atoms with Gasteiger partial charge in [-0.25, -0.2) is 8.78 Å². The zero-order valence-corrected chi connectivity index (χ0v) is 10.7. The highest BCUT2D eigenvalue weighted by Gasteiger charge is 2.12. The highest BCUT2D eigenvalue weighted by atomic mass is 19.1. The zero-order valence-electron chi connectivity index (χ0n) is 10.7. The van der Waals surface area contributed by atoms with E-state index in [-0.39, 0.29) is 11.6 Å². The molecule has 0 aliphatic carbocycles. The molecule has 0 heterocycles. The molecule has 2 aromatic rings. The van der Waals surface area contributed by atoms with Crippen LogP contribution in [0, 0.1) is 11.6 Å². The summed E-state index contributed by atoms with van der Waals surface area (Å²) in [4.78, 5) is 1.78. The number of halogens is 2. The van der Waals surface area contributed by atoms with Gasteiger partial charge in [0, 0.05) is 24.3 Å². The first kappa shape index (κ1) is 13.3. The molecule has 100 valence electrons. The fourth-order valence-electron chi connectivity index (χ4n) is 1.97. The average molecular weight is 262 g/mol. The van der Waals surface area contributed by atoms with Crippen LogP contribution in [-0.2, 0) is 6.54 Å². The normalized spacial score (nSPS) is 10.5. The zero-order chi connectivity index (χ0) is 13.8. The Kier molecular flexibility index (Phi) is 4.00. The van der Waals surface area contributed by atoms with Crippen molar-refractivity contribution in [3.05, 3.63) is 59.7 Å². The van der Waals surface area contributed by atoms with E-state index in [0.29, 0.717) is 30.0 Å². The Hall–Kier alpha value is -2.10. The minimum atomic E-state index is -0.366. The first-order chi connectivity index (χ1) is 9.11. The molecule has 0 bridgehead atoms. The third-order valence-electron chi connectivity index (χ3n) is 3.01. The molecule has 2 aromatic carbocycles. The molecule has 0 aliphatic rings. The van der Waals surface area contributed by atoms with Crippen molar-refractivity contribution in [2.75, 3.05) is 17.2 Å². The minimum absolute atomic E-state index is 0.305. The first-order valence-electron chi connectivity index (χ1n) is 6.15. The van der Waals surface area contributed by atoms with Crippen LogP contribution in [0.3, 0.4) is 0 Å². The number of benzene rings is 2. The van der Waals surface area contributed by atoms with Gasteiger partial charge in [0.1, 0.15) is 11.6 Å². The van der Waals surface area contributed by atoms with Crippen LogP contribution in [0.1, 0.15) is 12.5 Å². The lowest BCUT2D eigenvalue weighted by Gasteiger charge is -2.24. The number of nitrogens with two attached hydrogens (primary N) is 1. The molecule has 0 aliphatic heterocycles. The van der Waals surface area contributed by atoms with Crippen LogP contribution in [0.5, 0.6) is 0 Å². The van der Waals surface area contributed by atoms with Gasteiger partial charge in [0.2, 0.25) is 0 Å². The fourth-order valence-corrected chi connectivity index (χ4v) is 1.97. The molecule has 2 nitrogen and oxygen atoms in total. The molecule has 0 spiro atoms. The molecule has 0 saturated carbocycles. The van der Waals surface area contributed by atoms with Crippen molar-refractivity contribution in [1.82, 2.24) is 0 Å².